The standard InChI is InChI=1S/C49H88N6O19/c1-17-66-25-28(65-16)24-50-23-27-18-19-29(53-42(61)72-46(5,6)7)39(68-27)69-36-31(54-43(62)73-47(8,9)10)22-30(52-38(59)32(56)20-21-51-41(60)71-45(2,3)4)35(33(36)57)70-40-34(58)37(49(14,64)26-67-40)55(15)44(63)74-48(11,12)13/h18,28-37,39-40,50,56-58,64H,17,19-26H2,1-16H3,(H,51,60)(H,52,59)(H,53,61)(H,54,62)/t28-,29+,30+,31-,32-,33+,34+,35-,36+,37+,39+,40+,49-/m0/s1. The average molecular weight is 1070 g/mol. The van der Waals surface area contributed by atoms with Crippen molar-refractivity contribution in [3.8, 4) is 0 Å². The first-order chi connectivity index (χ1) is 34.0. The lowest BCUT2D eigenvalue weighted by Gasteiger charge is -2.50. The first-order valence-electron chi connectivity index (χ1n) is 25.1. The zero-order chi connectivity index (χ0) is 56.1. The van der Waals surface area contributed by atoms with Gasteiger partial charge in [-0.15, -0.1) is 0 Å². The summed E-state index contributed by atoms with van der Waals surface area (Å²) in [5.41, 5.74) is -5.55. The van der Waals surface area contributed by atoms with Gasteiger partial charge in [0.25, 0.3) is 0 Å². The van der Waals surface area contributed by atoms with Crippen molar-refractivity contribution in [3.63, 3.8) is 0 Å². The number of nitrogens with zero attached hydrogens (tertiary/aromatic N) is 1. The van der Waals surface area contributed by atoms with Crippen molar-refractivity contribution >= 4 is 30.3 Å². The second kappa shape index (κ2) is 27.1. The number of amides is 5. The Hall–Kier alpha value is -4.31. The molecule has 25 heteroatoms. The van der Waals surface area contributed by atoms with E-state index in [1.807, 2.05) is 6.92 Å². The summed E-state index contributed by atoms with van der Waals surface area (Å²) < 4.78 is 58.3. The van der Waals surface area contributed by atoms with E-state index >= 15 is 0 Å². The van der Waals surface area contributed by atoms with E-state index in [1.165, 1.54) is 14.0 Å². The molecule has 428 valence electrons. The van der Waals surface area contributed by atoms with Gasteiger partial charge in [0.1, 0.15) is 64.3 Å². The zero-order valence-corrected chi connectivity index (χ0v) is 46.2. The maximum atomic E-state index is 13.9. The van der Waals surface area contributed by atoms with Crippen LogP contribution >= 0.6 is 0 Å². The molecule has 0 aromatic carbocycles. The second-order valence-corrected chi connectivity index (χ2v) is 22.9. The molecule has 13 atom stereocenters. The highest BCUT2D eigenvalue weighted by Crippen LogP contribution is 2.35. The second-order valence-electron chi connectivity index (χ2n) is 22.9. The SMILES string of the molecule is CCOC[C@H](CNCC1=CC[C@@H](NC(=O)OC(C)(C)C)[C@@H](O[C@H]2[C@H](O)[C@@H](O[C@H]3OC[C@](C)(O)[C@H](N(C)C(=O)OC(C)(C)C)[C@H]3O)[C@H](NC(=O)[C@@H](O)CCNC(=O)OC(C)(C)C)C[C@@H]2NC(=O)OC(C)(C)C)O1)OC. The normalized spacial score (nSPS) is 28.5. The number of methoxy groups -OCH3 is 1. The van der Waals surface area contributed by atoms with Gasteiger partial charge >= 0.3 is 24.4 Å². The summed E-state index contributed by atoms with van der Waals surface area (Å²) in [6.45, 7) is 23.8. The van der Waals surface area contributed by atoms with E-state index < -0.39 is 132 Å². The zero-order valence-electron chi connectivity index (χ0n) is 46.2. The van der Waals surface area contributed by atoms with E-state index in [1.54, 1.807) is 96.3 Å². The van der Waals surface area contributed by atoms with Crippen molar-refractivity contribution in [1.29, 1.82) is 0 Å². The van der Waals surface area contributed by atoms with Crippen LogP contribution in [0.3, 0.4) is 0 Å². The quantitative estimate of drug-likeness (QED) is 0.0788. The smallest absolute Gasteiger partial charge is 0.410 e. The molecule has 0 spiro atoms. The Labute approximate surface area is 435 Å². The number of hydrogen-bond donors (Lipinski definition) is 9. The third kappa shape index (κ3) is 21.4. The first kappa shape index (κ1) is 64.0. The molecule has 74 heavy (non-hydrogen) atoms. The summed E-state index contributed by atoms with van der Waals surface area (Å²) in [7, 11) is 2.87. The summed E-state index contributed by atoms with van der Waals surface area (Å²) in [4.78, 5) is 67.5. The van der Waals surface area contributed by atoms with Gasteiger partial charge in [-0.05, 0) is 122 Å². The number of ether oxygens (including phenoxy) is 10. The number of hydrogen-bond acceptors (Lipinski definition) is 20. The number of alkyl carbamates (subject to hydrolysis) is 3. The fourth-order valence-electron chi connectivity index (χ4n) is 8.09. The summed E-state index contributed by atoms with van der Waals surface area (Å²) in [5, 5.41) is 61.2. The molecule has 0 aromatic rings. The van der Waals surface area contributed by atoms with Gasteiger partial charge < -0.3 is 99.3 Å². The number of carbonyl (C=O) groups is 5. The summed E-state index contributed by atoms with van der Waals surface area (Å²) in [5.74, 6) is -0.603. The Morgan fingerprint density at radius 3 is 1.85 bits per heavy atom. The van der Waals surface area contributed by atoms with Gasteiger partial charge in [-0.3, -0.25) is 4.79 Å². The lowest BCUT2D eigenvalue weighted by atomic mass is 9.82. The van der Waals surface area contributed by atoms with Gasteiger partial charge in [-0.1, -0.05) is 0 Å². The molecule has 2 fully saturated rings. The fourth-order valence-corrected chi connectivity index (χ4v) is 8.09. The molecule has 3 rings (SSSR count). The van der Waals surface area contributed by atoms with Gasteiger partial charge in [0.05, 0.1) is 50.0 Å². The van der Waals surface area contributed by atoms with Crippen molar-refractivity contribution in [2.45, 2.75) is 218 Å². The fraction of sp³-hybridized carbons (Fsp3) is 0.857. The molecule has 2 heterocycles. The predicted molar refractivity (Wildman–Crippen MR) is 265 cm³/mol. The number of aliphatic hydroxyl groups excluding tert-OH is 3. The third-order valence-corrected chi connectivity index (χ3v) is 11.3. The average Bonchev–Trinajstić information content (AvgIpc) is 3.23. The first-order valence-corrected chi connectivity index (χ1v) is 25.1. The minimum atomic E-state index is -1.90. The summed E-state index contributed by atoms with van der Waals surface area (Å²) >= 11 is 0. The van der Waals surface area contributed by atoms with Gasteiger partial charge in [-0.25, -0.2) is 19.2 Å². The number of nitrogens with one attached hydrogen (secondary N) is 5. The van der Waals surface area contributed by atoms with E-state index in [0.29, 0.717) is 25.5 Å². The van der Waals surface area contributed by atoms with Crippen LogP contribution in [0, 0.1) is 0 Å². The minimum Gasteiger partial charge on any atom is -0.466 e. The number of likely N-dealkylation sites (N-methyl/N-ethyl adjacent to an activating group) is 1. The Balaban J connectivity index is 2.11. The molecule has 0 radical (unpaired) electrons. The molecule has 1 saturated heterocycles. The minimum absolute atomic E-state index is 0.133. The molecule has 1 saturated carbocycles. The van der Waals surface area contributed by atoms with E-state index in [2.05, 4.69) is 26.6 Å². The lowest BCUT2D eigenvalue weighted by molar-refractivity contribution is -0.311. The van der Waals surface area contributed by atoms with Crippen LogP contribution in [0.25, 0.3) is 0 Å². The maximum Gasteiger partial charge on any atom is 0.410 e. The highest BCUT2D eigenvalue weighted by Gasteiger charge is 2.55. The molecule has 5 amide bonds. The highest BCUT2D eigenvalue weighted by atomic mass is 16.7. The molecule has 25 nitrogen and oxygen atoms in total. The van der Waals surface area contributed by atoms with Crippen LogP contribution in [0.5, 0.6) is 0 Å². The third-order valence-electron chi connectivity index (χ3n) is 11.3. The van der Waals surface area contributed by atoms with E-state index in [4.69, 9.17) is 47.4 Å². The van der Waals surface area contributed by atoms with Crippen LogP contribution in [0.1, 0.15) is 116 Å². The topological polar surface area (TPSA) is 322 Å². The molecule has 1 aliphatic carbocycles. The van der Waals surface area contributed by atoms with Crippen molar-refractivity contribution in [3.05, 3.63) is 11.8 Å². The number of carbonyl (C=O) groups excluding carboxylic acids is 5. The van der Waals surface area contributed by atoms with Crippen LogP contribution in [0.15, 0.2) is 11.8 Å². The van der Waals surface area contributed by atoms with Crippen molar-refractivity contribution < 1.29 is 91.8 Å². The Kier molecular flexibility index (Phi) is 23.5. The van der Waals surface area contributed by atoms with Crippen molar-refractivity contribution in [2.24, 2.45) is 0 Å². The van der Waals surface area contributed by atoms with E-state index in [9.17, 15) is 44.4 Å². The molecule has 0 unspecified atom stereocenters. The van der Waals surface area contributed by atoms with E-state index in [0.717, 1.165) is 4.90 Å². The Morgan fingerprint density at radius 2 is 1.31 bits per heavy atom. The maximum absolute atomic E-state index is 13.9. The molecular formula is C49H88N6O19. The van der Waals surface area contributed by atoms with Crippen LogP contribution in [-0.2, 0) is 52.2 Å². The molecule has 0 aromatic heterocycles. The summed E-state index contributed by atoms with van der Waals surface area (Å²) in [6.07, 6.45) is -14.3. The number of aliphatic hydroxyl groups is 4. The molecule has 2 aliphatic heterocycles. The Morgan fingerprint density at radius 1 is 0.784 bits per heavy atom. The van der Waals surface area contributed by atoms with Gasteiger partial charge in [0.2, 0.25) is 12.2 Å². The van der Waals surface area contributed by atoms with E-state index in [-0.39, 0.29) is 38.5 Å². The van der Waals surface area contributed by atoms with Gasteiger partial charge in [0, 0.05) is 33.9 Å². The molecular weight excluding hydrogens is 977 g/mol. The Bertz CT molecular complexity index is 1860. The van der Waals surface area contributed by atoms with Crippen LogP contribution in [-0.4, -0.2) is 211 Å². The van der Waals surface area contributed by atoms with Crippen molar-refractivity contribution in [2.75, 3.05) is 53.6 Å². The van der Waals surface area contributed by atoms with Crippen molar-refractivity contribution in [1.82, 2.24) is 31.5 Å². The lowest BCUT2D eigenvalue weighted by Crippen LogP contribution is -2.71. The highest BCUT2D eigenvalue weighted by molar-refractivity contribution is 5.81. The van der Waals surface area contributed by atoms with Gasteiger partial charge in [-0.2, -0.15) is 0 Å². The van der Waals surface area contributed by atoms with Crippen LogP contribution < -0.4 is 26.6 Å². The van der Waals surface area contributed by atoms with Gasteiger partial charge in [0.15, 0.2) is 6.29 Å². The largest absolute Gasteiger partial charge is 0.466 e. The predicted octanol–water partition coefficient (Wildman–Crippen LogP) is 2.04. The van der Waals surface area contributed by atoms with Crippen LogP contribution in [0.4, 0.5) is 19.2 Å². The molecule has 3 aliphatic rings. The molecule has 9 N–H and O–H groups in total. The number of rotatable bonds is 20. The summed E-state index contributed by atoms with van der Waals surface area (Å²) in [6, 6.07) is -5.01. The molecule has 0 bridgehead atoms. The monoisotopic (exact) mass is 1060 g/mol. The van der Waals surface area contributed by atoms with Crippen LogP contribution in [0.2, 0.25) is 0 Å².